The van der Waals surface area contributed by atoms with Crippen molar-refractivity contribution >= 4 is 29.1 Å². The molecule has 7 heteroatoms. The van der Waals surface area contributed by atoms with Crippen LogP contribution in [-0.2, 0) is 32.0 Å². The number of nitrogens with zero attached hydrogens (tertiary/aromatic N) is 2. The van der Waals surface area contributed by atoms with E-state index in [0.29, 0.717) is 25.9 Å². The number of amides is 2. The van der Waals surface area contributed by atoms with Crippen LogP contribution in [0.25, 0.3) is 0 Å². The quantitative estimate of drug-likeness (QED) is 0.592. The Morgan fingerprint density at radius 2 is 1.90 bits per heavy atom. The van der Waals surface area contributed by atoms with Crippen LogP contribution in [0, 0.1) is 0 Å². The molecule has 2 heterocycles. The van der Waals surface area contributed by atoms with Gasteiger partial charge in [0.25, 0.3) is 0 Å². The van der Waals surface area contributed by atoms with Crippen LogP contribution < -0.4 is 0 Å². The van der Waals surface area contributed by atoms with Crippen LogP contribution in [0.15, 0.2) is 47.8 Å². The molecule has 0 N–H and O–H groups in total. The van der Waals surface area contributed by atoms with E-state index in [1.54, 1.807) is 28.1 Å². The molecule has 6 nitrogen and oxygen atoms in total. The topological polar surface area (TPSA) is 66.9 Å². The zero-order valence-corrected chi connectivity index (χ0v) is 17.4. The van der Waals surface area contributed by atoms with Gasteiger partial charge >= 0.3 is 5.97 Å². The molecule has 1 fully saturated rings. The van der Waals surface area contributed by atoms with E-state index < -0.39 is 12.0 Å². The molecule has 29 heavy (non-hydrogen) atoms. The summed E-state index contributed by atoms with van der Waals surface area (Å²) in [5, 5.41) is 1.99. The summed E-state index contributed by atoms with van der Waals surface area (Å²) in [6.07, 6.45) is 1.23. The molecule has 1 unspecified atom stereocenters. The number of rotatable bonds is 9. The number of hydrogen-bond acceptors (Lipinski definition) is 5. The smallest absolute Gasteiger partial charge is 0.308 e. The first-order valence-corrected chi connectivity index (χ1v) is 10.8. The summed E-state index contributed by atoms with van der Waals surface area (Å²) < 4.78 is 5.05. The molecule has 0 saturated carbocycles. The second-order valence-corrected chi connectivity index (χ2v) is 7.97. The Kier molecular flexibility index (Phi) is 7.41. The summed E-state index contributed by atoms with van der Waals surface area (Å²) in [5.41, 5.74) is 1.11. The number of ether oxygens (including phenoxy) is 1. The van der Waals surface area contributed by atoms with Gasteiger partial charge in [0, 0.05) is 18.0 Å². The number of thiophene rings is 1. The summed E-state index contributed by atoms with van der Waals surface area (Å²) in [5.74, 6) is -0.757. The SMILES string of the molecule is CCOC(=O)CC1C(=O)N(CCc2ccccc2)CC(=O)N1CCc1cccs1. The zero-order chi connectivity index (χ0) is 20.6. The fourth-order valence-electron chi connectivity index (χ4n) is 3.49. The lowest BCUT2D eigenvalue weighted by molar-refractivity contribution is -0.160. The maximum atomic E-state index is 13.1. The molecule has 1 aromatic heterocycles. The molecule has 1 atom stereocenters. The Morgan fingerprint density at radius 1 is 1.10 bits per heavy atom. The van der Waals surface area contributed by atoms with Gasteiger partial charge in [0.05, 0.1) is 19.6 Å². The summed E-state index contributed by atoms with van der Waals surface area (Å²) in [6.45, 7) is 2.90. The first-order chi connectivity index (χ1) is 14.1. The molecule has 0 spiro atoms. The first kappa shape index (κ1) is 21.0. The molecule has 1 aliphatic rings. The molecule has 1 aliphatic heterocycles. The van der Waals surface area contributed by atoms with Crippen LogP contribution in [0.3, 0.4) is 0 Å². The Labute approximate surface area is 175 Å². The van der Waals surface area contributed by atoms with E-state index in [4.69, 9.17) is 4.74 Å². The predicted octanol–water partition coefficient (Wildman–Crippen LogP) is 2.53. The van der Waals surface area contributed by atoms with E-state index in [2.05, 4.69) is 0 Å². The fourth-order valence-corrected chi connectivity index (χ4v) is 4.19. The van der Waals surface area contributed by atoms with Crippen LogP contribution in [0.4, 0.5) is 0 Å². The van der Waals surface area contributed by atoms with Gasteiger partial charge in [-0.25, -0.2) is 0 Å². The van der Waals surface area contributed by atoms with E-state index in [1.165, 1.54) is 0 Å². The van der Waals surface area contributed by atoms with Crippen molar-refractivity contribution in [3.63, 3.8) is 0 Å². The predicted molar refractivity (Wildman–Crippen MR) is 112 cm³/mol. The van der Waals surface area contributed by atoms with Crippen molar-refractivity contribution in [3.05, 3.63) is 58.3 Å². The van der Waals surface area contributed by atoms with Gasteiger partial charge in [-0.15, -0.1) is 11.3 Å². The molecule has 0 aliphatic carbocycles. The number of carbonyl (C=O) groups is 3. The van der Waals surface area contributed by atoms with Gasteiger partial charge in [0.2, 0.25) is 11.8 Å². The molecule has 0 radical (unpaired) electrons. The van der Waals surface area contributed by atoms with Gasteiger partial charge in [-0.2, -0.15) is 0 Å². The van der Waals surface area contributed by atoms with E-state index in [9.17, 15) is 14.4 Å². The fraction of sp³-hybridized carbons (Fsp3) is 0.409. The molecule has 3 rings (SSSR count). The van der Waals surface area contributed by atoms with Crippen LogP contribution in [-0.4, -0.2) is 59.9 Å². The molecular weight excluding hydrogens is 388 g/mol. The van der Waals surface area contributed by atoms with Crippen LogP contribution in [0.5, 0.6) is 0 Å². The van der Waals surface area contributed by atoms with Crippen molar-refractivity contribution in [1.82, 2.24) is 9.80 Å². The van der Waals surface area contributed by atoms with E-state index in [-0.39, 0.29) is 31.4 Å². The van der Waals surface area contributed by atoms with Crippen molar-refractivity contribution in [1.29, 1.82) is 0 Å². The van der Waals surface area contributed by atoms with Gasteiger partial charge in [0.15, 0.2) is 0 Å². The standard InChI is InChI=1S/C22H26N2O4S/c1-2-28-21(26)15-19-22(27)23(12-10-17-7-4-3-5-8-17)16-20(25)24(19)13-11-18-9-6-14-29-18/h3-9,14,19H,2,10-13,15-16H2,1H3. The molecule has 2 aromatic rings. The third-order valence-electron chi connectivity index (χ3n) is 4.98. The summed E-state index contributed by atoms with van der Waals surface area (Å²) in [6, 6.07) is 13.0. The highest BCUT2D eigenvalue weighted by molar-refractivity contribution is 7.09. The number of benzene rings is 1. The second kappa shape index (κ2) is 10.2. The van der Waals surface area contributed by atoms with Gasteiger partial charge in [-0.3, -0.25) is 14.4 Å². The summed E-state index contributed by atoms with van der Waals surface area (Å²) in [4.78, 5) is 42.4. The monoisotopic (exact) mass is 414 g/mol. The Bertz CT molecular complexity index is 823. The van der Waals surface area contributed by atoms with Gasteiger partial charge < -0.3 is 14.5 Å². The molecule has 154 valence electrons. The van der Waals surface area contributed by atoms with E-state index in [0.717, 1.165) is 10.4 Å². The van der Waals surface area contributed by atoms with E-state index >= 15 is 0 Å². The first-order valence-electron chi connectivity index (χ1n) is 9.88. The van der Waals surface area contributed by atoms with Crippen molar-refractivity contribution in [2.45, 2.75) is 32.2 Å². The van der Waals surface area contributed by atoms with Crippen molar-refractivity contribution in [2.75, 3.05) is 26.2 Å². The van der Waals surface area contributed by atoms with Crippen molar-refractivity contribution < 1.29 is 19.1 Å². The summed E-state index contributed by atoms with van der Waals surface area (Å²) >= 11 is 1.62. The minimum atomic E-state index is -0.800. The number of esters is 1. The van der Waals surface area contributed by atoms with Gasteiger partial charge in [-0.1, -0.05) is 36.4 Å². The lowest BCUT2D eigenvalue weighted by Crippen LogP contribution is -2.61. The normalized spacial score (nSPS) is 16.9. The summed E-state index contributed by atoms with van der Waals surface area (Å²) in [7, 11) is 0. The molecular formula is C22H26N2O4S. The van der Waals surface area contributed by atoms with Crippen LogP contribution in [0.1, 0.15) is 23.8 Å². The molecule has 0 bridgehead atoms. The highest BCUT2D eigenvalue weighted by Crippen LogP contribution is 2.19. The largest absolute Gasteiger partial charge is 0.466 e. The Balaban J connectivity index is 1.70. The van der Waals surface area contributed by atoms with Gasteiger partial charge in [0.1, 0.15) is 6.04 Å². The van der Waals surface area contributed by atoms with Crippen molar-refractivity contribution in [3.8, 4) is 0 Å². The Morgan fingerprint density at radius 3 is 2.59 bits per heavy atom. The highest BCUT2D eigenvalue weighted by Gasteiger charge is 2.40. The average molecular weight is 415 g/mol. The number of piperazine rings is 1. The lowest BCUT2D eigenvalue weighted by Gasteiger charge is -2.40. The van der Waals surface area contributed by atoms with Crippen molar-refractivity contribution in [2.24, 2.45) is 0 Å². The van der Waals surface area contributed by atoms with Crippen LogP contribution >= 0.6 is 11.3 Å². The zero-order valence-electron chi connectivity index (χ0n) is 16.6. The molecule has 1 saturated heterocycles. The maximum Gasteiger partial charge on any atom is 0.308 e. The maximum absolute atomic E-state index is 13.1. The minimum Gasteiger partial charge on any atom is -0.466 e. The average Bonchev–Trinajstić information content (AvgIpc) is 3.23. The number of carbonyl (C=O) groups excluding carboxylic acids is 3. The van der Waals surface area contributed by atoms with E-state index in [1.807, 2.05) is 47.8 Å². The Hall–Kier alpha value is -2.67. The highest BCUT2D eigenvalue weighted by atomic mass is 32.1. The molecule has 2 amide bonds. The minimum absolute atomic E-state index is 0.0510. The van der Waals surface area contributed by atoms with Crippen LogP contribution in [0.2, 0.25) is 0 Å². The van der Waals surface area contributed by atoms with Gasteiger partial charge in [-0.05, 0) is 36.8 Å². The second-order valence-electron chi connectivity index (χ2n) is 6.94. The third-order valence-corrected chi connectivity index (χ3v) is 5.91. The third kappa shape index (κ3) is 5.67. The lowest BCUT2D eigenvalue weighted by atomic mass is 10.0. The molecule has 1 aromatic carbocycles. The number of hydrogen-bond donors (Lipinski definition) is 0.